The highest BCUT2D eigenvalue weighted by atomic mass is 14.6. The quantitative estimate of drug-likeness (QED) is 0.829. The molecule has 1 aliphatic rings. The van der Waals surface area contributed by atoms with Gasteiger partial charge in [-0.1, -0.05) is 70.7 Å². The number of hydrogen-bond donors (Lipinski definition) is 1. The van der Waals surface area contributed by atoms with E-state index in [0.29, 0.717) is 0 Å². The van der Waals surface area contributed by atoms with Crippen LogP contribution < -0.4 is 5.73 Å². The maximum Gasteiger partial charge on any atom is 0.0297 e. The van der Waals surface area contributed by atoms with E-state index in [1.54, 1.807) is 0 Å². The van der Waals surface area contributed by atoms with Crippen LogP contribution in [0.3, 0.4) is 0 Å². The smallest absolute Gasteiger partial charge is 0.0297 e. The van der Waals surface area contributed by atoms with Crippen molar-refractivity contribution in [3.05, 3.63) is 35.4 Å². The van der Waals surface area contributed by atoms with Crippen molar-refractivity contribution in [1.29, 1.82) is 0 Å². The maximum atomic E-state index is 6.33. The fourth-order valence-electron chi connectivity index (χ4n) is 2.97. The Morgan fingerprint density at radius 2 is 1.67 bits per heavy atom. The molecule has 0 aliphatic heterocycles. The molecule has 0 amide bonds. The summed E-state index contributed by atoms with van der Waals surface area (Å²) in [6.07, 6.45) is 6.73. The van der Waals surface area contributed by atoms with E-state index in [2.05, 4.69) is 45.0 Å². The monoisotopic (exact) mass is 245 g/mol. The van der Waals surface area contributed by atoms with Crippen LogP contribution in [0.1, 0.15) is 70.0 Å². The normalized spacial score (nSPS) is 19.1. The Balaban J connectivity index is 2.00. The standard InChI is InChI=1S/C17H27N/c1-17(2,3)15-10-8-14(9-11-15)16(18)12-13-6-4-5-7-13/h8-11,13,16H,4-7,12,18H2,1-3H3. The summed E-state index contributed by atoms with van der Waals surface area (Å²) in [5.41, 5.74) is 9.25. The highest BCUT2D eigenvalue weighted by Gasteiger charge is 2.19. The molecule has 0 radical (unpaired) electrons. The summed E-state index contributed by atoms with van der Waals surface area (Å²) in [4.78, 5) is 0. The van der Waals surface area contributed by atoms with Gasteiger partial charge in [-0.15, -0.1) is 0 Å². The first-order valence-electron chi connectivity index (χ1n) is 7.33. The molecule has 0 spiro atoms. The van der Waals surface area contributed by atoms with Crippen LogP contribution in [0.4, 0.5) is 0 Å². The van der Waals surface area contributed by atoms with Crippen molar-refractivity contribution in [3.63, 3.8) is 0 Å². The average Bonchev–Trinajstić information content (AvgIpc) is 2.81. The van der Waals surface area contributed by atoms with Gasteiger partial charge in [0.15, 0.2) is 0 Å². The summed E-state index contributed by atoms with van der Waals surface area (Å²) in [5, 5.41) is 0. The van der Waals surface area contributed by atoms with Crippen molar-refractivity contribution in [2.45, 2.75) is 64.3 Å². The summed E-state index contributed by atoms with van der Waals surface area (Å²) in [6, 6.07) is 9.15. The number of rotatable bonds is 3. The molecule has 1 heteroatoms. The topological polar surface area (TPSA) is 26.0 Å². The molecule has 1 nitrogen and oxygen atoms in total. The third kappa shape index (κ3) is 3.35. The van der Waals surface area contributed by atoms with Gasteiger partial charge in [0.25, 0.3) is 0 Å². The Kier molecular flexibility index (Phi) is 4.11. The van der Waals surface area contributed by atoms with Crippen LogP contribution in [0.25, 0.3) is 0 Å². The van der Waals surface area contributed by atoms with Crippen molar-refractivity contribution in [2.75, 3.05) is 0 Å². The zero-order valence-corrected chi connectivity index (χ0v) is 12.1. The van der Waals surface area contributed by atoms with Crippen LogP contribution in [0.5, 0.6) is 0 Å². The van der Waals surface area contributed by atoms with E-state index >= 15 is 0 Å². The molecule has 0 saturated heterocycles. The van der Waals surface area contributed by atoms with Gasteiger partial charge < -0.3 is 5.73 Å². The molecule has 100 valence electrons. The number of benzene rings is 1. The van der Waals surface area contributed by atoms with Crippen LogP contribution in [-0.2, 0) is 5.41 Å². The Morgan fingerprint density at radius 1 is 1.11 bits per heavy atom. The second-order valence-corrected chi connectivity index (χ2v) is 6.86. The first-order chi connectivity index (χ1) is 8.47. The van der Waals surface area contributed by atoms with Crippen LogP contribution in [0, 0.1) is 5.92 Å². The lowest BCUT2D eigenvalue weighted by Gasteiger charge is -2.21. The summed E-state index contributed by atoms with van der Waals surface area (Å²) < 4.78 is 0. The van der Waals surface area contributed by atoms with Crippen LogP contribution >= 0.6 is 0 Å². The van der Waals surface area contributed by atoms with Gasteiger partial charge in [-0.05, 0) is 28.9 Å². The van der Waals surface area contributed by atoms with Crippen molar-refractivity contribution in [3.8, 4) is 0 Å². The summed E-state index contributed by atoms with van der Waals surface area (Å²) >= 11 is 0. The molecule has 1 saturated carbocycles. The largest absolute Gasteiger partial charge is 0.324 e. The van der Waals surface area contributed by atoms with Gasteiger partial charge in [-0.25, -0.2) is 0 Å². The third-order valence-corrected chi connectivity index (χ3v) is 4.27. The van der Waals surface area contributed by atoms with Gasteiger partial charge in [-0.2, -0.15) is 0 Å². The molecule has 18 heavy (non-hydrogen) atoms. The van der Waals surface area contributed by atoms with E-state index in [-0.39, 0.29) is 11.5 Å². The Labute approximate surface area is 112 Å². The predicted molar refractivity (Wildman–Crippen MR) is 78.6 cm³/mol. The molecule has 0 aromatic heterocycles. The summed E-state index contributed by atoms with van der Waals surface area (Å²) in [5.74, 6) is 0.863. The molecule has 1 aliphatic carbocycles. The van der Waals surface area contributed by atoms with Gasteiger partial charge in [-0.3, -0.25) is 0 Å². The van der Waals surface area contributed by atoms with Gasteiger partial charge in [0, 0.05) is 6.04 Å². The first kappa shape index (κ1) is 13.6. The van der Waals surface area contributed by atoms with Crippen molar-refractivity contribution >= 4 is 0 Å². The van der Waals surface area contributed by atoms with Crippen LogP contribution in [0.2, 0.25) is 0 Å². The fraction of sp³-hybridized carbons (Fsp3) is 0.647. The molecule has 0 heterocycles. The number of hydrogen-bond acceptors (Lipinski definition) is 1. The molecule has 1 fully saturated rings. The van der Waals surface area contributed by atoms with Crippen LogP contribution in [-0.4, -0.2) is 0 Å². The van der Waals surface area contributed by atoms with Crippen molar-refractivity contribution < 1.29 is 0 Å². The Hall–Kier alpha value is -0.820. The van der Waals surface area contributed by atoms with Gasteiger partial charge in [0.05, 0.1) is 0 Å². The number of nitrogens with two attached hydrogens (primary N) is 1. The minimum Gasteiger partial charge on any atom is -0.324 e. The molecule has 2 N–H and O–H groups in total. The van der Waals surface area contributed by atoms with E-state index < -0.39 is 0 Å². The predicted octanol–water partition coefficient (Wildman–Crippen LogP) is 4.56. The average molecular weight is 245 g/mol. The van der Waals surface area contributed by atoms with E-state index in [9.17, 15) is 0 Å². The van der Waals surface area contributed by atoms with E-state index in [4.69, 9.17) is 5.73 Å². The second-order valence-electron chi connectivity index (χ2n) is 6.86. The van der Waals surface area contributed by atoms with Gasteiger partial charge in [0.2, 0.25) is 0 Å². The third-order valence-electron chi connectivity index (χ3n) is 4.27. The molecule has 0 bridgehead atoms. The molecule has 1 atom stereocenters. The molecule has 1 unspecified atom stereocenters. The first-order valence-corrected chi connectivity index (χ1v) is 7.33. The maximum absolute atomic E-state index is 6.33. The van der Waals surface area contributed by atoms with Gasteiger partial charge in [0.1, 0.15) is 0 Å². The molecule has 1 aromatic carbocycles. The fourth-order valence-corrected chi connectivity index (χ4v) is 2.97. The summed E-state index contributed by atoms with van der Waals surface area (Å²) in [7, 11) is 0. The van der Waals surface area contributed by atoms with Gasteiger partial charge >= 0.3 is 0 Å². The molecule has 2 rings (SSSR count). The molecular weight excluding hydrogens is 218 g/mol. The Morgan fingerprint density at radius 3 is 2.17 bits per heavy atom. The minimum absolute atomic E-state index is 0.224. The van der Waals surface area contributed by atoms with Crippen molar-refractivity contribution in [2.24, 2.45) is 11.7 Å². The van der Waals surface area contributed by atoms with Crippen molar-refractivity contribution in [1.82, 2.24) is 0 Å². The molecular formula is C17H27N. The Bertz CT molecular complexity index is 366. The zero-order chi connectivity index (χ0) is 13.2. The highest BCUT2D eigenvalue weighted by molar-refractivity contribution is 5.29. The second kappa shape index (κ2) is 5.44. The SMILES string of the molecule is CC(C)(C)c1ccc(C(N)CC2CCCC2)cc1. The minimum atomic E-state index is 0.224. The molecule has 1 aromatic rings. The lowest BCUT2D eigenvalue weighted by atomic mass is 9.85. The zero-order valence-electron chi connectivity index (χ0n) is 12.1. The highest BCUT2D eigenvalue weighted by Crippen LogP contribution is 2.32. The van der Waals surface area contributed by atoms with E-state index in [0.717, 1.165) is 12.3 Å². The van der Waals surface area contributed by atoms with E-state index in [1.165, 1.54) is 36.8 Å². The lowest BCUT2D eigenvalue weighted by Crippen LogP contribution is -2.15. The van der Waals surface area contributed by atoms with E-state index in [1.807, 2.05) is 0 Å². The summed E-state index contributed by atoms with van der Waals surface area (Å²) in [6.45, 7) is 6.75. The lowest BCUT2D eigenvalue weighted by molar-refractivity contribution is 0.450. The van der Waals surface area contributed by atoms with Crippen LogP contribution in [0.15, 0.2) is 24.3 Å².